The van der Waals surface area contributed by atoms with Gasteiger partial charge >= 0.3 is 0 Å². The average Bonchev–Trinajstić information content (AvgIpc) is 3.28. The molecule has 0 bridgehead atoms. The van der Waals surface area contributed by atoms with Crippen LogP contribution in [0, 0.1) is 5.92 Å². The first-order chi connectivity index (χ1) is 11.6. The van der Waals surface area contributed by atoms with E-state index in [4.69, 9.17) is 0 Å². The van der Waals surface area contributed by atoms with Gasteiger partial charge < -0.3 is 4.90 Å². The van der Waals surface area contributed by atoms with Crippen molar-refractivity contribution in [3.05, 3.63) is 53.9 Å². The van der Waals surface area contributed by atoms with Gasteiger partial charge in [0.2, 0.25) is 5.91 Å². The van der Waals surface area contributed by atoms with Gasteiger partial charge in [0, 0.05) is 36.7 Å². The van der Waals surface area contributed by atoms with Gasteiger partial charge in [-0.05, 0) is 23.5 Å². The normalized spacial score (nSPS) is 29.5. The first-order valence-corrected chi connectivity index (χ1v) is 9.65. The van der Waals surface area contributed by atoms with E-state index in [1.807, 2.05) is 42.0 Å². The lowest BCUT2D eigenvalue weighted by Gasteiger charge is -2.40. The van der Waals surface area contributed by atoms with Gasteiger partial charge in [0.25, 0.3) is 0 Å². The van der Waals surface area contributed by atoms with Crippen molar-refractivity contribution in [2.45, 2.75) is 30.6 Å². The molecule has 1 aliphatic heterocycles. The largest absolute Gasteiger partial charge is 0.333 e. The van der Waals surface area contributed by atoms with Crippen LogP contribution in [-0.2, 0) is 11.8 Å². The maximum atomic E-state index is 13.2. The molecule has 0 spiro atoms. The van der Waals surface area contributed by atoms with Crippen LogP contribution in [-0.4, -0.2) is 38.1 Å². The minimum absolute atomic E-state index is 0.135. The van der Waals surface area contributed by atoms with Crippen molar-refractivity contribution in [2.75, 3.05) is 12.3 Å². The van der Waals surface area contributed by atoms with Crippen molar-refractivity contribution >= 4 is 17.7 Å². The summed E-state index contributed by atoms with van der Waals surface area (Å²) in [7, 11) is 1.93. The minimum Gasteiger partial charge on any atom is -0.333 e. The fraction of sp³-hybridized carbons (Fsp3) is 0.474. The summed E-state index contributed by atoms with van der Waals surface area (Å²) in [4.78, 5) is 15.3. The SMILES string of the molecule is C[C@@H]1SCCN(C(=O)[C@@H]2C[C@@H]2c2cnn(C)c2)[C@@H]1c1ccccc1. The standard InChI is InChI=1S/C19H23N3OS/c1-13-18(14-6-4-3-5-7-14)22(8-9-24-13)19(23)17-10-16(17)15-11-20-21(2)12-15/h3-7,11-13,16-18H,8-10H2,1-2H3/t13-,16+,17+,18-/m0/s1. The molecule has 1 saturated carbocycles. The van der Waals surface area contributed by atoms with Gasteiger partial charge in [-0.2, -0.15) is 16.9 Å². The number of amides is 1. The Balaban J connectivity index is 1.54. The van der Waals surface area contributed by atoms with Gasteiger partial charge in [0.15, 0.2) is 0 Å². The van der Waals surface area contributed by atoms with Crippen molar-refractivity contribution in [3.8, 4) is 0 Å². The molecule has 0 N–H and O–H groups in total. The third-order valence-electron chi connectivity index (χ3n) is 5.18. The van der Waals surface area contributed by atoms with E-state index >= 15 is 0 Å². The molecule has 4 rings (SSSR count). The molecular weight excluding hydrogens is 318 g/mol. The van der Waals surface area contributed by atoms with Crippen molar-refractivity contribution in [3.63, 3.8) is 0 Å². The highest BCUT2D eigenvalue weighted by Gasteiger charge is 2.48. The van der Waals surface area contributed by atoms with E-state index < -0.39 is 0 Å². The van der Waals surface area contributed by atoms with E-state index in [0.717, 1.165) is 18.7 Å². The fourth-order valence-electron chi connectivity index (χ4n) is 3.85. The third kappa shape index (κ3) is 2.86. The zero-order valence-electron chi connectivity index (χ0n) is 14.1. The molecule has 2 aliphatic rings. The molecule has 2 aromatic rings. The van der Waals surface area contributed by atoms with Gasteiger partial charge in [0.1, 0.15) is 0 Å². The van der Waals surface area contributed by atoms with Crippen LogP contribution < -0.4 is 0 Å². The summed E-state index contributed by atoms with van der Waals surface area (Å²) in [5.74, 6) is 1.84. The molecule has 1 aromatic carbocycles. The molecular formula is C19H23N3OS. The first-order valence-electron chi connectivity index (χ1n) is 8.60. The molecule has 5 heteroatoms. The third-order valence-corrected chi connectivity index (χ3v) is 6.38. The minimum atomic E-state index is 0.135. The molecule has 4 nitrogen and oxygen atoms in total. The highest BCUT2D eigenvalue weighted by molar-refractivity contribution is 8.00. The molecule has 126 valence electrons. The Bertz CT molecular complexity index is 729. The lowest BCUT2D eigenvalue weighted by molar-refractivity contribution is -0.135. The summed E-state index contributed by atoms with van der Waals surface area (Å²) in [6, 6.07) is 10.7. The van der Waals surface area contributed by atoms with Crippen LogP contribution in [0.3, 0.4) is 0 Å². The Morgan fingerprint density at radius 3 is 2.75 bits per heavy atom. The van der Waals surface area contributed by atoms with E-state index in [1.165, 1.54) is 11.1 Å². The van der Waals surface area contributed by atoms with E-state index in [-0.39, 0.29) is 12.0 Å². The molecule has 4 atom stereocenters. The Hall–Kier alpha value is -1.75. The molecule has 1 amide bonds. The summed E-state index contributed by atoms with van der Waals surface area (Å²) >= 11 is 1.97. The van der Waals surface area contributed by atoms with Gasteiger partial charge in [-0.3, -0.25) is 9.48 Å². The van der Waals surface area contributed by atoms with Crippen molar-refractivity contribution < 1.29 is 4.79 Å². The maximum Gasteiger partial charge on any atom is 0.226 e. The van der Waals surface area contributed by atoms with Gasteiger partial charge in [-0.15, -0.1) is 0 Å². The number of aryl methyl sites for hydroxylation is 1. The number of carbonyl (C=O) groups is 1. The fourth-order valence-corrected chi connectivity index (χ4v) is 5.01. The molecule has 0 unspecified atom stereocenters. The average molecular weight is 341 g/mol. The summed E-state index contributed by atoms with van der Waals surface area (Å²) in [5.41, 5.74) is 2.45. The number of hydrogen-bond acceptors (Lipinski definition) is 3. The van der Waals surface area contributed by atoms with Crippen LogP contribution in [0.25, 0.3) is 0 Å². The zero-order valence-corrected chi connectivity index (χ0v) is 14.9. The topological polar surface area (TPSA) is 38.1 Å². The van der Waals surface area contributed by atoms with Crippen LogP contribution in [0.4, 0.5) is 0 Å². The number of nitrogens with zero attached hydrogens (tertiary/aromatic N) is 3. The first kappa shape index (κ1) is 15.8. The number of hydrogen-bond donors (Lipinski definition) is 0. The maximum absolute atomic E-state index is 13.2. The Morgan fingerprint density at radius 2 is 2.04 bits per heavy atom. The zero-order chi connectivity index (χ0) is 16.7. The van der Waals surface area contributed by atoms with E-state index in [2.05, 4.69) is 41.2 Å². The number of carbonyl (C=O) groups excluding carboxylic acids is 1. The molecule has 1 aliphatic carbocycles. The van der Waals surface area contributed by atoms with Gasteiger partial charge in [0.05, 0.1) is 12.2 Å². The number of aromatic nitrogens is 2. The molecule has 1 aromatic heterocycles. The highest BCUT2D eigenvalue weighted by atomic mass is 32.2. The van der Waals surface area contributed by atoms with Crippen LogP contribution in [0.5, 0.6) is 0 Å². The molecule has 1 saturated heterocycles. The van der Waals surface area contributed by atoms with E-state index in [1.54, 1.807) is 0 Å². The second-order valence-electron chi connectivity index (χ2n) is 6.86. The molecule has 0 radical (unpaired) electrons. The molecule has 2 fully saturated rings. The Morgan fingerprint density at radius 1 is 1.25 bits per heavy atom. The summed E-state index contributed by atoms with van der Waals surface area (Å²) in [6.07, 6.45) is 4.91. The Labute approximate surface area is 147 Å². The number of benzene rings is 1. The van der Waals surface area contributed by atoms with E-state index in [9.17, 15) is 4.79 Å². The molecule has 24 heavy (non-hydrogen) atoms. The summed E-state index contributed by atoms with van der Waals surface area (Å²) < 4.78 is 1.82. The lowest BCUT2D eigenvalue weighted by atomic mass is 10.0. The number of rotatable bonds is 3. The van der Waals surface area contributed by atoms with E-state index in [0.29, 0.717) is 17.1 Å². The van der Waals surface area contributed by atoms with Crippen LogP contribution in [0.1, 0.15) is 36.4 Å². The van der Waals surface area contributed by atoms with Crippen molar-refractivity contribution in [1.29, 1.82) is 0 Å². The molecule has 2 heterocycles. The second-order valence-corrected chi connectivity index (χ2v) is 8.34. The van der Waals surface area contributed by atoms with Gasteiger partial charge in [-0.1, -0.05) is 37.3 Å². The lowest BCUT2D eigenvalue weighted by Crippen LogP contribution is -2.44. The quantitative estimate of drug-likeness (QED) is 0.860. The predicted molar refractivity (Wildman–Crippen MR) is 96.9 cm³/mol. The van der Waals surface area contributed by atoms with Crippen LogP contribution in [0.2, 0.25) is 0 Å². The van der Waals surface area contributed by atoms with Crippen molar-refractivity contribution in [1.82, 2.24) is 14.7 Å². The smallest absolute Gasteiger partial charge is 0.226 e. The summed E-state index contributed by atoms with van der Waals surface area (Å²) in [6.45, 7) is 3.09. The predicted octanol–water partition coefficient (Wildman–Crippen LogP) is 3.23. The number of thioether (sulfide) groups is 1. The Kier molecular flexibility index (Phi) is 4.12. The van der Waals surface area contributed by atoms with Gasteiger partial charge in [-0.25, -0.2) is 0 Å². The highest BCUT2D eigenvalue weighted by Crippen LogP contribution is 2.50. The second kappa shape index (κ2) is 6.28. The van der Waals surface area contributed by atoms with Crippen LogP contribution in [0.15, 0.2) is 42.7 Å². The summed E-state index contributed by atoms with van der Waals surface area (Å²) in [5, 5.41) is 4.68. The van der Waals surface area contributed by atoms with Crippen molar-refractivity contribution in [2.24, 2.45) is 13.0 Å². The van der Waals surface area contributed by atoms with Crippen LogP contribution >= 0.6 is 11.8 Å². The monoisotopic (exact) mass is 341 g/mol.